The van der Waals surface area contributed by atoms with Crippen LogP contribution in [0, 0.1) is 0 Å². The van der Waals surface area contributed by atoms with Crippen molar-refractivity contribution in [2.45, 2.75) is 6.18 Å². The van der Waals surface area contributed by atoms with Crippen molar-refractivity contribution in [2.24, 2.45) is 4.99 Å². The highest BCUT2D eigenvalue weighted by molar-refractivity contribution is 9.10. The first-order chi connectivity index (χ1) is 6.39. The van der Waals surface area contributed by atoms with Gasteiger partial charge in [0.15, 0.2) is 0 Å². The van der Waals surface area contributed by atoms with Crippen LogP contribution in [0.2, 0.25) is 0 Å². The molecule has 0 bridgehead atoms. The molecule has 0 heterocycles. The van der Waals surface area contributed by atoms with Crippen LogP contribution in [0.5, 0.6) is 0 Å². The molecule has 14 heavy (non-hydrogen) atoms. The molecular formula is C8H4BrClF3N. The van der Waals surface area contributed by atoms with Gasteiger partial charge in [-0.1, -0.05) is 27.5 Å². The van der Waals surface area contributed by atoms with Gasteiger partial charge in [-0.15, -0.1) is 0 Å². The number of halogens is 5. The summed E-state index contributed by atoms with van der Waals surface area (Å²) in [7, 11) is 0. The maximum absolute atomic E-state index is 11.9. The van der Waals surface area contributed by atoms with Gasteiger partial charge in [-0.2, -0.15) is 13.2 Å². The summed E-state index contributed by atoms with van der Waals surface area (Å²) in [5.74, 6) is 0. The third-order valence-electron chi connectivity index (χ3n) is 1.29. The van der Waals surface area contributed by atoms with Gasteiger partial charge < -0.3 is 0 Å². The average molecular weight is 286 g/mol. The van der Waals surface area contributed by atoms with Crippen LogP contribution in [0.4, 0.5) is 18.9 Å². The van der Waals surface area contributed by atoms with Crippen LogP contribution >= 0.6 is 27.5 Å². The molecule has 1 aromatic carbocycles. The third kappa shape index (κ3) is 3.31. The Morgan fingerprint density at radius 2 is 1.71 bits per heavy atom. The lowest BCUT2D eigenvalue weighted by Gasteiger charge is -2.02. The third-order valence-corrected chi connectivity index (χ3v) is 2.12. The molecule has 6 heteroatoms. The van der Waals surface area contributed by atoms with Gasteiger partial charge in [0.25, 0.3) is 0 Å². The van der Waals surface area contributed by atoms with Gasteiger partial charge in [-0.05, 0) is 24.3 Å². The van der Waals surface area contributed by atoms with Crippen molar-refractivity contribution in [3.63, 3.8) is 0 Å². The van der Waals surface area contributed by atoms with Crippen LogP contribution in [0.15, 0.2) is 33.7 Å². The highest BCUT2D eigenvalue weighted by Gasteiger charge is 2.34. The zero-order valence-corrected chi connectivity index (χ0v) is 8.99. The lowest BCUT2D eigenvalue weighted by Crippen LogP contribution is -2.16. The summed E-state index contributed by atoms with van der Waals surface area (Å²) in [6, 6.07) is 6.02. The van der Waals surface area contributed by atoms with Gasteiger partial charge in [0.1, 0.15) is 0 Å². The fraction of sp³-hybridized carbons (Fsp3) is 0.125. The molecule has 0 atom stereocenters. The molecule has 0 unspecified atom stereocenters. The molecule has 0 amide bonds. The van der Waals surface area contributed by atoms with Gasteiger partial charge in [0, 0.05) is 4.47 Å². The van der Waals surface area contributed by atoms with E-state index in [9.17, 15) is 13.2 Å². The quantitative estimate of drug-likeness (QED) is 0.683. The average Bonchev–Trinajstić information content (AvgIpc) is 2.07. The molecule has 1 rings (SSSR count). The predicted molar refractivity (Wildman–Crippen MR) is 53.1 cm³/mol. The summed E-state index contributed by atoms with van der Waals surface area (Å²) in [5.41, 5.74) is 0.163. The maximum Gasteiger partial charge on any atom is 0.444 e. The van der Waals surface area contributed by atoms with Crippen molar-refractivity contribution < 1.29 is 13.2 Å². The number of hydrogen-bond acceptors (Lipinski definition) is 1. The monoisotopic (exact) mass is 285 g/mol. The molecule has 0 saturated heterocycles. The lowest BCUT2D eigenvalue weighted by atomic mass is 10.3. The molecule has 0 saturated carbocycles. The van der Waals surface area contributed by atoms with Crippen molar-refractivity contribution in [1.82, 2.24) is 0 Å². The number of aliphatic imine (C=N–C) groups is 1. The minimum atomic E-state index is -4.59. The van der Waals surface area contributed by atoms with Crippen LogP contribution < -0.4 is 0 Å². The first-order valence-corrected chi connectivity index (χ1v) is 4.63. The summed E-state index contributed by atoms with van der Waals surface area (Å²) >= 11 is 8.09. The van der Waals surface area contributed by atoms with E-state index in [0.29, 0.717) is 0 Å². The van der Waals surface area contributed by atoms with Crippen LogP contribution in [-0.2, 0) is 0 Å². The van der Waals surface area contributed by atoms with Crippen molar-refractivity contribution >= 4 is 38.4 Å². The normalized spacial score (nSPS) is 13.1. The predicted octanol–water partition coefficient (Wildman–Crippen LogP) is 4.28. The van der Waals surface area contributed by atoms with Gasteiger partial charge in [-0.25, -0.2) is 4.99 Å². The molecule has 0 aliphatic heterocycles. The van der Waals surface area contributed by atoms with Crippen LogP contribution in [-0.4, -0.2) is 11.3 Å². The first kappa shape index (κ1) is 11.5. The van der Waals surface area contributed by atoms with Crippen molar-refractivity contribution in [3.05, 3.63) is 28.7 Å². The summed E-state index contributed by atoms with van der Waals surface area (Å²) in [6.07, 6.45) is -4.59. The fourth-order valence-electron chi connectivity index (χ4n) is 0.692. The summed E-state index contributed by atoms with van der Waals surface area (Å²) < 4.78 is 36.6. The van der Waals surface area contributed by atoms with Crippen LogP contribution in [0.3, 0.4) is 0 Å². The van der Waals surface area contributed by atoms with Gasteiger partial charge in [0.2, 0.25) is 5.17 Å². The Balaban J connectivity index is 2.93. The van der Waals surface area contributed by atoms with Gasteiger partial charge >= 0.3 is 6.18 Å². The SMILES string of the molecule is FC(F)(F)/C(Cl)=N\c1ccc(Br)cc1. The molecule has 0 aliphatic carbocycles. The number of nitrogens with zero attached hydrogens (tertiary/aromatic N) is 1. The number of benzene rings is 1. The van der Waals surface area contributed by atoms with E-state index in [4.69, 9.17) is 11.6 Å². The molecule has 76 valence electrons. The summed E-state index contributed by atoms with van der Waals surface area (Å²) in [5, 5.41) is -1.38. The van der Waals surface area contributed by atoms with E-state index in [0.717, 1.165) is 4.47 Å². The van der Waals surface area contributed by atoms with Crippen LogP contribution in [0.25, 0.3) is 0 Å². The van der Waals surface area contributed by atoms with E-state index in [-0.39, 0.29) is 5.69 Å². The Morgan fingerprint density at radius 3 is 2.14 bits per heavy atom. The summed E-state index contributed by atoms with van der Waals surface area (Å²) in [4.78, 5) is 3.21. The van der Waals surface area contributed by atoms with Crippen molar-refractivity contribution in [2.75, 3.05) is 0 Å². The second-order valence-electron chi connectivity index (χ2n) is 2.38. The van der Waals surface area contributed by atoms with Crippen molar-refractivity contribution in [3.8, 4) is 0 Å². The minimum Gasteiger partial charge on any atom is -0.232 e. The molecule has 0 aliphatic rings. The fourth-order valence-corrected chi connectivity index (χ4v) is 1.05. The Kier molecular flexibility index (Phi) is 3.55. The molecule has 1 nitrogen and oxygen atoms in total. The Labute approximate surface area is 91.7 Å². The Morgan fingerprint density at radius 1 is 1.21 bits per heavy atom. The van der Waals surface area contributed by atoms with Crippen molar-refractivity contribution in [1.29, 1.82) is 0 Å². The van der Waals surface area contributed by atoms with E-state index < -0.39 is 11.3 Å². The number of hydrogen-bond donors (Lipinski definition) is 0. The maximum atomic E-state index is 11.9. The molecule has 0 aromatic heterocycles. The van der Waals surface area contributed by atoms with Gasteiger partial charge in [0.05, 0.1) is 5.69 Å². The number of rotatable bonds is 1. The lowest BCUT2D eigenvalue weighted by molar-refractivity contribution is -0.0558. The second kappa shape index (κ2) is 4.31. The molecule has 0 N–H and O–H groups in total. The molecule has 0 fully saturated rings. The zero-order valence-electron chi connectivity index (χ0n) is 6.65. The minimum absolute atomic E-state index is 0.163. The number of alkyl halides is 3. The van der Waals surface area contributed by atoms with E-state index in [1.807, 2.05) is 0 Å². The molecule has 1 aromatic rings. The molecule has 0 spiro atoms. The Bertz CT molecular complexity index is 345. The topological polar surface area (TPSA) is 12.4 Å². The van der Waals surface area contributed by atoms with E-state index in [1.54, 1.807) is 12.1 Å². The smallest absolute Gasteiger partial charge is 0.232 e. The molecular weight excluding hydrogens is 282 g/mol. The largest absolute Gasteiger partial charge is 0.444 e. The Hall–Kier alpha value is -0.550. The van der Waals surface area contributed by atoms with E-state index in [1.165, 1.54) is 12.1 Å². The first-order valence-electron chi connectivity index (χ1n) is 3.46. The zero-order chi connectivity index (χ0) is 10.8. The van der Waals surface area contributed by atoms with Crippen LogP contribution in [0.1, 0.15) is 0 Å². The van der Waals surface area contributed by atoms with Gasteiger partial charge in [-0.3, -0.25) is 0 Å². The summed E-state index contributed by atoms with van der Waals surface area (Å²) in [6.45, 7) is 0. The standard InChI is InChI=1S/C8H4BrClF3N/c9-5-1-3-6(4-2-5)14-7(10)8(11,12)13/h1-4H/b14-7+. The highest BCUT2D eigenvalue weighted by atomic mass is 79.9. The highest BCUT2D eigenvalue weighted by Crippen LogP contribution is 2.24. The molecule has 0 radical (unpaired) electrons. The second-order valence-corrected chi connectivity index (χ2v) is 3.65. The van der Waals surface area contributed by atoms with E-state index >= 15 is 0 Å². The van der Waals surface area contributed by atoms with E-state index in [2.05, 4.69) is 20.9 Å².